The molecule has 8 heteroatoms. The van der Waals surface area contributed by atoms with E-state index in [0.717, 1.165) is 0 Å². The fraction of sp³-hybridized carbons (Fsp3) is 0.308. The van der Waals surface area contributed by atoms with Gasteiger partial charge in [0, 0.05) is 12.5 Å². The molecule has 0 spiro atoms. The standard InChI is InChI=1S/C13H14N2O6/c1-19-7-3-4-8(10(5-7)20-2)14-12(16)11-6-9(13(17)18)15-21-11/h3-5,11H,6H2,1-2H3,(H,14,16)(H,17,18). The van der Waals surface area contributed by atoms with E-state index in [1.54, 1.807) is 18.2 Å². The van der Waals surface area contributed by atoms with Crippen molar-refractivity contribution < 1.29 is 29.0 Å². The van der Waals surface area contributed by atoms with Gasteiger partial charge in [0.1, 0.15) is 11.5 Å². The van der Waals surface area contributed by atoms with Gasteiger partial charge in [0.05, 0.1) is 19.9 Å². The normalized spacial score (nSPS) is 16.7. The van der Waals surface area contributed by atoms with Crippen molar-refractivity contribution in [2.75, 3.05) is 19.5 Å². The number of nitrogens with one attached hydrogen (secondary N) is 1. The lowest BCUT2D eigenvalue weighted by atomic mass is 10.1. The van der Waals surface area contributed by atoms with E-state index in [1.807, 2.05) is 0 Å². The molecule has 0 radical (unpaired) electrons. The zero-order chi connectivity index (χ0) is 15.4. The Labute approximate surface area is 120 Å². The molecule has 21 heavy (non-hydrogen) atoms. The summed E-state index contributed by atoms with van der Waals surface area (Å²) in [5, 5.41) is 14.7. The number of carboxylic acids is 1. The monoisotopic (exact) mass is 294 g/mol. The number of anilines is 1. The molecule has 0 saturated carbocycles. The predicted molar refractivity (Wildman–Crippen MR) is 72.7 cm³/mol. The van der Waals surface area contributed by atoms with E-state index in [0.29, 0.717) is 17.2 Å². The van der Waals surface area contributed by atoms with E-state index >= 15 is 0 Å². The lowest BCUT2D eigenvalue weighted by Gasteiger charge is -2.13. The van der Waals surface area contributed by atoms with Crippen LogP contribution in [0.3, 0.4) is 0 Å². The first-order valence-corrected chi connectivity index (χ1v) is 6.04. The van der Waals surface area contributed by atoms with Gasteiger partial charge >= 0.3 is 5.97 Å². The van der Waals surface area contributed by atoms with E-state index in [-0.39, 0.29) is 12.1 Å². The second-order valence-corrected chi connectivity index (χ2v) is 4.20. The number of carboxylic acid groups (broad SMARTS) is 1. The first-order chi connectivity index (χ1) is 10.0. The summed E-state index contributed by atoms with van der Waals surface area (Å²) < 4.78 is 10.2. The third kappa shape index (κ3) is 3.22. The zero-order valence-corrected chi connectivity index (χ0v) is 11.5. The molecule has 2 rings (SSSR count). The van der Waals surface area contributed by atoms with E-state index in [2.05, 4.69) is 10.5 Å². The second kappa shape index (κ2) is 6.12. The number of carbonyl (C=O) groups excluding carboxylic acids is 1. The smallest absolute Gasteiger partial charge is 0.353 e. The Kier molecular flexibility index (Phi) is 4.27. The largest absolute Gasteiger partial charge is 0.497 e. The number of hydrogen-bond donors (Lipinski definition) is 2. The highest BCUT2D eigenvalue weighted by molar-refractivity contribution is 6.36. The molecule has 1 aliphatic heterocycles. The number of rotatable bonds is 5. The van der Waals surface area contributed by atoms with Gasteiger partial charge in [-0.3, -0.25) is 4.79 Å². The van der Waals surface area contributed by atoms with Crippen molar-refractivity contribution >= 4 is 23.3 Å². The molecule has 1 heterocycles. The first kappa shape index (κ1) is 14.6. The van der Waals surface area contributed by atoms with Gasteiger partial charge in [0.2, 0.25) is 6.10 Å². The summed E-state index contributed by atoms with van der Waals surface area (Å²) >= 11 is 0. The minimum atomic E-state index is -1.20. The zero-order valence-electron chi connectivity index (χ0n) is 11.5. The number of benzene rings is 1. The third-order valence-electron chi connectivity index (χ3n) is 2.87. The fourth-order valence-corrected chi connectivity index (χ4v) is 1.76. The molecular weight excluding hydrogens is 280 g/mol. The van der Waals surface area contributed by atoms with Crippen molar-refractivity contribution in [1.29, 1.82) is 0 Å². The van der Waals surface area contributed by atoms with Crippen LogP contribution in [0.1, 0.15) is 6.42 Å². The minimum Gasteiger partial charge on any atom is -0.497 e. The number of ether oxygens (including phenoxy) is 2. The number of methoxy groups -OCH3 is 2. The number of nitrogens with zero attached hydrogens (tertiary/aromatic N) is 1. The van der Waals surface area contributed by atoms with Gasteiger partial charge in [-0.2, -0.15) is 0 Å². The van der Waals surface area contributed by atoms with Crippen LogP contribution in [0.25, 0.3) is 0 Å². The second-order valence-electron chi connectivity index (χ2n) is 4.20. The maximum Gasteiger partial charge on any atom is 0.353 e. The summed E-state index contributed by atoms with van der Waals surface area (Å²) in [6, 6.07) is 4.89. The van der Waals surface area contributed by atoms with E-state index in [1.165, 1.54) is 14.2 Å². The number of carbonyl (C=O) groups is 2. The Bertz CT molecular complexity index is 598. The number of oxime groups is 1. The van der Waals surface area contributed by atoms with Gasteiger partial charge in [-0.25, -0.2) is 4.79 Å². The van der Waals surface area contributed by atoms with Crippen LogP contribution in [0.2, 0.25) is 0 Å². The third-order valence-corrected chi connectivity index (χ3v) is 2.87. The predicted octanol–water partition coefficient (Wildman–Crippen LogP) is 0.872. The molecule has 1 aromatic carbocycles. The molecule has 0 aliphatic carbocycles. The Morgan fingerprint density at radius 2 is 2.14 bits per heavy atom. The minimum absolute atomic E-state index is 0.0837. The quantitative estimate of drug-likeness (QED) is 0.834. The van der Waals surface area contributed by atoms with Crippen molar-refractivity contribution in [3.8, 4) is 11.5 Å². The van der Waals surface area contributed by atoms with Crippen molar-refractivity contribution in [3.05, 3.63) is 18.2 Å². The molecule has 112 valence electrons. The SMILES string of the molecule is COc1ccc(NC(=O)C2CC(C(=O)O)=NO2)c(OC)c1. The van der Waals surface area contributed by atoms with Crippen LogP contribution in [0.4, 0.5) is 5.69 Å². The summed E-state index contributed by atoms with van der Waals surface area (Å²) in [6.07, 6.45) is -1.05. The topological polar surface area (TPSA) is 106 Å². The highest BCUT2D eigenvalue weighted by Crippen LogP contribution is 2.29. The molecule has 0 saturated heterocycles. The highest BCUT2D eigenvalue weighted by Gasteiger charge is 2.31. The van der Waals surface area contributed by atoms with Crippen LogP contribution >= 0.6 is 0 Å². The average molecular weight is 294 g/mol. The van der Waals surface area contributed by atoms with Crippen LogP contribution in [0.15, 0.2) is 23.4 Å². The van der Waals surface area contributed by atoms with Gasteiger partial charge in [-0.05, 0) is 12.1 Å². The molecule has 0 aromatic heterocycles. The molecule has 1 atom stereocenters. The van der Waals surface area contributed by atoms with Crippen LogP contribution in [-0.4, -0.2) is 43.0 Å². The van der Waals surface area contributed by atoms with Crippen molar-refractivity contribution in [3.63, 3.8) is 0 Å². The molecule has 2 N–H and O–H groups in total. The van der Waals surface area contributed by atoms with E-state index in [9.17, 15) is 9.59 Å². The van der Waals surface area contributed by atoms with Gasteiger partial charge in [-0.1, -0.05) is 5.16 Å². The summed E-state index contributed by atoms with van der Waals surface area (Å²) in [5.41, 5.74) is 0.243. The molecule has 0 bridgehead atoms. The lowest BCUT2D eigenvalue weighted by molar-refractivity contribution is -0.129. The Morgan fingerprint density at radius 3 is 2.71 bits per heavy atom. The molecular formula is C13H14N2O6. The van der Waals surface area contributed by atoms with Gasteiger partial charge in [0.25, 0.3) is 5.91 Å². The van der Waals surface area contributed by atoms with E-state index in [4.69, 9.17) is 19.4 Å². The molecule has 8 nitrogen and oxygen atoms in total. The molecule has 0 fully saturated rings. The number of aliphatic carboxylic acids is 1. The Hall–Kier alpha value is -2.77. The first-order valence-electron chi connectivity index (χ1n) is 6.04. The summed E-state index contributed by atoms with van der Waals surface area (Å²) in [6.45, 7) is 0. The van der Waals surface area contributed by atoms with Crippen LogP contribution < -0.4 is 14.8 Å². The molecule has 1 aliphatic rings. The number of hydrogen-bond acceptors (Lipinski definition) is 6. The maximum absolute atomic E-state index is 12.0. The van der Waals surface area contributed by atoms with Crippen LogP contribution in [0, 0.1) is 0 Å². The van der Waals surface area contributed by atoms with Gasteiger partial charge in [-0.15, -0.1) is 0 Å². The highest BCUT2D eigenvalue weighted by atomic mass is 16.6. The summed E-state index contributed by atoms with van der Waals surface area (Å²) in [7, 11) is 2.98. The lowest BCUT2D eigenvalue weighted by Crippen LogP contribution is -2.29. The van der Waals surface area contributed by atoms with E-state index < -0.39 is 18.0 Å². The molecule has 1 aromatic rings. The molecule has 1 unspecified atom stereocenters. The van der Waals surface area contributed by atoms with Crippen molar-refractivity contribution in [1.82, 2.24) is 0 Å². The van der Waals surface area contributed by atoms with Gasteiger partial charge in [0.15, 0.2) is 5.71 Å². The number of amides is 1. The molecule has 1 amide bonds. The fourth-order valence-electron chi connectivity index (χ4n) is 1.76. The summed E-state index contributed by atoms with van der Waals surface area (Å²) in [4.78, 5) is 27.5. The Balaban J connectivity index is 2.05. The van der Waals surface area contributed by atoms with Crippen LogP contribution in [0.5, 0.6) is 11.5 Å². The summed E-state index contributed by atoms with van der Waals surface area (Å²) in [5.74, 6) is -0.704. The average Bonchev–Trinajstić information content (AvgIpc) is 2.97. The maximum atomic E-state index is 12.0. The van der Waals surface area contributed by atoms with Crippen molar-refractivity contribution in [2.24, 2.45) is 5.16 Å². The van der Waals surface area contributed by atoms with Crippen molar-refractivity contribution in [2.45, 2.75) is 12.5 Å². The van der Waals surface area contributed by atoms with Crippen LogP contribution in [-0.2, 0) is 14.4 Å². The van der Waals surface area contributed by atoms with Gasteiger partial charge < -0.3 is 24.7 Å². The Morgan fingerprint density at radius 1 is 1.38 bits per heavy atom.